The second-order valence-corrected chi connectivity index (χ2v) is 2.63. The fraction of sp³-hybridized carbons (Fsp3) is 0.571. The number of alkyl halides is 3. The maximum Gasteiger partial charge on any atom is 0.419 e. The Labute approximate surface area is 73.3 Å². The Bertz CT molecular complexity index is 266. The molecule has 0 aliphatic rings. The van der Waals surface area contributed by atoms with Crippen molar-refractivity contribution in [1.82, 2.24) is 9.78 Å². The van der Waals surface area contributed by atoms with Crippen LogP contribution in [0.15, 0.2) is 12.4 Å². The molecular formula is C7H10F3N3. The Morgan fingerprint density at radius 2 is 2.15 bits per heavy atom. The topological polar surface area (TPSA) is 43.8 Å². The largest absolute Gasteiger partial charge is 0.419 e. The molecule has 0 atom stereocenters. The fourth-order valence-electron chi connectivity index (χ4n) is 0.886. The lowest BCUT2D eigenvalue weighted by Gasteiger charge is -2.01. The van der Waals surface area contributed by atoms with Crippen molar-refractivity contribution in [3.8, 4) is 0 Å². The first kappa shape index (κ1) is 10.0. The molecule has 0 aliphatic carbocycles. The number of nitrogens with two attached hydrogens (primary N) is 1. The molecule has 6 heteroatoms. The van der Waals surface area contributed by atoms with Crippen LogP contribution in [0.1, 0.15) is 12.0 Å². The van der Waals surface area contributed by atoms with Gasteiger partial charge < -0.3 is 5.73 Å². The van der Waals surface area contributed by atoms with Gasteiger partial charge in [-0.25, -0.2) is 0 Å². The number of hydrogen-bond donors (Lipinski definition) is 1. The first-order valence-electron chi connectivity index (χ1n) is 3.84. The van der Waals surface area contributed by atoms with Crippen LogP contribution in [-0.2, 0) is 12.7 Å². The number of hydrogen-bond acceptors (Lipinski definition) is 2. The quantitative estimate of drug-likeness (QED) is 0.785. The number of halogens is 3. The van der Waals surface area contributed by atoms with Crippen molar-refractivity contribution >= 4 is 0 Å². The SMILES string of the molecule is NCCCn1cc(C(F)(F)F)cn1. The van der Waals surface area contributed by atoms with Gasteiger partial charge in [0.15, 0.2) is 0 Å². The van der Waals surface area contributed by atoms with Crippen molar-refractivity contribution in [2.45, 2.75) is 19.1 Å². The van der Waals surface area contributed by atoms with E-state index in [2.05, 4.69) is 5.10 Å². The summed E-state index contributed by atoms with van der Waals surface area (Å²) in [7, 11) is 0. The predicted molar refractivity (Wildman–Crippen MR) is 40.9 cm³/mol. The molecule has 0 amide bonds. The summed E-state index contributed by atoms with van der Waals surface area (Å²) in [6, 6.07) is 0. The van der Waals surface area contributed by atoms with Gasteiger partial charge in [0.25, 0.3) is 0 Å². The van der Waals surface area contributed by atoms with E-state index in [1.54, 1.807) is 0 Å². The molecule has 2 N–H and O–H groups in total. The van der Waals surface area contributed by atoms with E-state index in [0.717, 1.165) is 12.4 Å². The van der Waals surface area contributed by atoms with Crippen molar-refractivity contribution < 1.29 is 13.2 Å². The molecule has 1 aromatic heterocycles. The Morgan fingerprint density at radius 3 is 2.62 bits per heavy atom. The van der Waals surface area contributed by atoms with Crippen LogP contribution in [0.25, 0.3) is 0 Å². The third-order valence-electron chi connectivity index (χ3n) is 1.55. The molecule has 3 nitrogen and oxygen atoms in total. The van der Waals surface area contributed by atoms with E-state index < -0.39 is 11.7 Å². The summed E-state index contributed by atoms with van der Waals surface area (Å²) in [5, 5.41) is 3.56. The number of aryl methyl sites for hydroxylation is 1. The minimum atomic E-state index is -4.30. The molecule has 0 unspecified atom stereocenters. The van der Waals surface area contributed by atoms with E-state index in [9.17, 15) is 13.2 Å². The standard InChI is InChI=1S/C7H10F3N3/c8-7(9,10)6-4-12-13(5-6)3-1-2-11/h4-5H,1-3,11H2. The molecule has 13 heavy (non-hydrogen) atoms. The van der Waals surface area contributed by atoms with Gasteiger partial charge in [0.1, 0.15) is 0 Å². The molecule has 1 heterocycles. The third-order valence-corrected chi connectivity index (χ3v) is 1.55. The normalized spacial score (nSPS) is 12.0. The summed E-state index contributed by atoms with van der Waals surface area (Å²) in [6.07, 6.45) is -1.88. The maximum atomic E-state index is 12.0. The number of rotatable bonds is 3. The predicted octanol–water partition coefficient (Wildman–Crippen LogP) is 1.25. The van der Waals surface area contributed by atoms with Gasteiger partial charge in [-0.15, -0.1) is 0 Å². The Hall–Kier alpha value is -1.04. The van der Waals surface area contributed by atoms with Gasteiger partial charge in [0.2, 0.25) is 0 Å². The number of nitrogens with zero attached hydrogens (tertiary/aromatic N) is 2. The highest BCUT2D eigenvalue weighted by molar-refractivity contribution is 5.08. The van der Waals surface area contributed by atoms with Crippen LogP contribution in [0.5, 0.6) is 0 Å². The van der Waals surface area contributed by atoms with Crippen molar-refractivity contribution in [2.24, 2.45) is 5.73 Å². The van der Waals surface area contributed by atoms with Crippen LogP contribution in [-0.4, -0.2) is 16.3 Å². The lowest BCUT2D eigenvalue weighted by molar-refractivity contribution is -0.137. The van der Waals surface area contributed by atoms with Crippen LogP contribution in [0, 0.1) is 0 Å². The molecule has 0 saturated heterocycles. The van der Waals surface area contributed by atoms with Crippen molar-refractivity contribution in [1.29, 1.82) is 0 Å². The molecule has 1 aromatic rings. The van der Waals surface area contributed by atoms with E-state index in [1.807, 2.05) is 0 Å². The zero-order valence-electron chi connectivity index (χ0n) is 6.88. The summed E-state index contributed by atoms with van der Waals surface area (Å²) >= 11 is 0. The molecule has 0 fully saturated rings. The Morgan fingerprint density at radius 1 is 1.46 bits per heavy atom. The highest BCUT2D eigenvalue weighted by Gasteiger charge is 2.31. The van der Waals surface area contributed by atoms with Gasteiger partial charge in [-0.2, -0.15) is 18.3 Å². The average Bonchev–Trinajstić information content (AvgIpc) is 2.47. The van der Waals surface area contributed by atoms with E-state index in [0.29, 0.717) is 19.5 Å². The summed E-state index contributed by atoms with van der Waals surface area (Å²) < 4.78 is 37.4. The Balaban J connectivity index is 2.64. The summed E-state index contributed by atoms with van der Waals surface area (Å²) in [5.41, 5.74) is 4.49. The second kappa shape index (κ2) is 3.78. The van der Waals surface area contributed by atoms with Gasteiger partial charge in [-0.05, 0) is 13.0 Å². The number of aromatic nitrogens is 2. The molecule has 0 bridgehead atoms. The fourth-order valence-corrected chi connectivity index (χ4v) is 0.886. The third kappa shape index (κ3) is 2.73. The highest BCUT2D eigenvalue weighted by Crippen LogP contribution is 2.28. The Kier molecular flexibility index (Phi) is 2.92. The molecule has 74 valence electrons. The molecule has 0 spiro atoms. The van der Waals surface area contributed by atoms with Crippen LogP contribution in [0.3, 0.4) is 0 Å². The first-order chi connectivity index (χ1) is 6.04. The van der Waals surface area contributed by atoms with Crippen molar-refractivity contribution in [2.75, 3.05) is 6.54 Å². The van der Waals surface area contributed by atoms with E-state index in [-0.39, 0.29) is 0 Å². The molecule has 0 saturated carbocycles. The smallest absolute Gasteiger partial charge is 0.330 e. The van der Waals surface area contributed by atoms with E-state index in [4.69, 9.17) is 5.73 Å². The lowest BCUT2D eigenvalue weighted by atomic mass is 10.3. The molecule has 0 aromatic carbocycles. The highest BCUT2D eigenvalue weighted by atomic mass is 19.4. The lowest BCUT2D eigenvalue weighted by Crippen LogP contribution is -2.06. The first-order valence-corrected chi connectivity index (χ1v) is 3.84. The van der Waals surface area contributed by atoms with Gasteiger partial charge in [0, 0.05) is 12.7 Å². The monoisotopic (exact) mass is 193 g/mol. The molecular weight excluding hydrogens is 183 g/mol. The molecule has 0 radical (unpaired) electrons. The zero-order chi connectivity index (χ0) is 9.90. The van der Waals surface area contributed by atoms with Crippen LogP contribution in [0.4, 0.5) is 13.2 Å². The summed E-state index contributed by atoms with van der Waals surface area (Å²) in [6.45, 7) is 0.869. The second-order valence-electron chi connectivity index (χ2n) is 2.63. The van der Waals surface area contributed by atoms with Crippen molar-refractivity contribution in [3.63, 3.8) is 0 Å². The van der Waals surface area contributed by atoms with Crippen molar-refractivity contribution in [3.05, 3.63) is 18.0 Å². The van der Waals surface area contributed by atoms with Crippen LogP contribution < -0.4 is 5.73 Å². The van der Waals surface area contributed by atoms with Crippen LogP contribution >= 0.6 is 0 Å². The summed E-state index contributed by atoms with van der Waals surface area (Å²) in [5.74, 6) is 0. The van der Waals surface area contributed by atoms with Gasteiger partial charge in [0.05, 0.1) is 11.8 Å². The van der Waals surface area contributed by atoms with Crippen LogP contribution in [0.2, 0.25) is 0 Å². The van der Waals surface area contributed by atoms with Gasteiger partial charge >= 0.3 is 6.18 Å². The zero-order valence-corrected chi connectivity index (χ0v) is 6.88. The average molecular weight is 193 g/mol. The molecule has 0 aliphatic heterocycles. The van der Waals surface area contributed by atoms with E-state index in [1.165, 1.54) is 4.68 Å². The van der Waals surface area contributed by atoms with Gasteiger partial charge in [-0.1, -0.05) is 0 Å². The van der Waals surface area contributed by atoms with E-state index >= 15 is 0 Å². The maximum absolute atomic E-state index is 12.0. The van der Waals surface area contributed by atoms with Gasteiger partial charge in [-0.3, -0.25) is 4.68 Å². The summed E-state index contributed by atoms with van der Waals surface area (Å²) in [4.78, 5) is 0. The molecule has 1 rings (SSSR count). The minimum absolute atomic E-state index is 0.423. The minimum Gasteiger partial charge on any atom is -0.330 e.